The minimum Gasteiger partial charge on any atom is -0.497 e. The highest BCUT2D eigenvalue weighted by Gasteiger charge is 2.36. The van der Waals surface area contributed by atoms with Crippen molar-refractivity contribution in [2.24, 2.45) is 5.92 Å². The lowest BCUT2D eigenvalue weighted by Crippen LogP contribution is -2.42. The third-order valence-corrected chi connectivity index (χ3v) is 13.4. The van der Waals surface area contributed by atoms with E-state index in [1.807, 2.05) is 48.5 Å². The van der Waals surface area contributed by atoms with Gasteiger partial charge in [0.2, 0.25) is 17.8 Å². The maximum Gasteiger partial charge on any atom is 0.230 e. The van der Waals surface area contributed by atoms with Crippen LogP contribution in [0.2, 0.25) is 0 Å². The number of nitrogens with one attached hydrogen (secondary N) is 5. The van der Waals surface area contributed by atoms with Gasteiger partial charge in [-0.05, 0) is 84.5 Å². The van der Waals surface area contributed by atoms with Crippen LogP contribution in [-0.4, -0.2) is 79.5 Å². The summed E-state index contributed by atoms with van der Waals surface area (Å²) in [6, 6.07) is 35.2. The first-order chi connectivity index (χ1) is 33.9. The van der Waals surface area contributed by atoms with Crippen molar-refractivity contribution in [3.05, 3.63) is 149 Å². The molecule has 1 aliphatic carbocycles. The smallest absolute Gasteiger partial charge is 0.230 e. The highest BCUT2D eigenvalue weighted by Crippen LogP contribution is 2.38. The monoisotopic (exact) mass is 927 g/mol. The predicted octanol–water partition coefficient (Wildman–Crippen LogP) is 8.87. The van der Waals surface area contributed by atoms with E-state index in [1.165, 1.54) is 55.4 Å². The second-order valence-electron chi connectivity index (χ2n) is 18.2. The van der Waals surface area contributed by atoms with Crippen molar-refractivity contribution >= 4 is 51.5 Å². The minimum atomic E-state index is -0.350. The molecule has 15 nitrogen and oxygen atoms in total. The number of benzene rings is 4. The molecule has 4 aromatic carbocycles. The van der Waals surface area contributed by atoms with E-state index in [-0.39, 0.29) is 17.6 Å². The van der Waals surface area contributed by atoms with Crippen molar-refractivity contribution in [2.75, 3.05) is 53.7 Å². The number of aryl methyl sites for hydroxylation is 1. The number of rotatable bonds is 15. The average Bonchev–Trinajstić information content (AvgIpc) is 3.97. The Balaban J connectivity index is 0.000000162. The van der Waals surface area contributed by atoms with Crippen LogP contribution in [0, 0.1) is 11.7 Å². The molecule has 1 amide bonds. The summed E-state index contributed by atoms with van der Waals surface area (Å²) < 4.78 is 18.4. The standard InChI is InChI=1S/C29H33N7O.C24H25FN6O/c37-28(30-16-20-10-4-1-5-11-20)23-19-36(18-22-14-8-3-9-15-22)27-24-25(23)34-35-26(24)32-29(33-27)31-17-21-12-6-2-7-13-21;1-32-19-10-6-17(7-11-19)15-31-14-2-3-20-21-22(30-29-20)27-24(28-23(21)31)26-13-12-16-4-8-18(25)9-5-16/h2-3,6-9,12-15,20,23H,1,4-5,10-11,16-19H2,(H,30,37)(H2,31,32,33,34,35);4-11H,2-3,12-15H2,1H3,(H2,26,27,28,29,30). The molecule has 6 heterocycles. The minimum absolute atomic E-state index is 0.0473. The molecule has 0 radical (unpaired) electrons. The normalized spacial score (nSPS) is 15.6. The van der Waals surface area contributed by atoms with Crippen molar-refractivity contribution < 1.29 is 13.9 Å². The first kappa shape index (κ1) is 45.2. The number of aromatic amines is 2. The van der Waals surface area contributed by atoms with Crippen molar-refractivity contribution in [2.45, 2.75) is 76.9 Å². The van der Waals surface area contributed by atoms with Gasteiger partial charge in [-0.25, -0.2) is 4.39 Å². The number of nitrogens with zero attached hydrogens (tertiary/aromatic N) is 8. The first-order valence-electron chi connectivity index (χ1n) is 24.2. The molecular formula is C53H58FN13O2. The maximum absolute atomic E-state index is 13.5. The molecule has 1 unspecified atom stereocenters. The lowest BCUT2D eigenvalue weighted by atomic mass is 9.89. The van der Waals surface area contributed by atoms with E-state index in [4.69, 9.17) is 14.7 Å². The lowest BCUT2D eigenvalue weighted by molar-refractivity contribution is -0.122. The van der Waals surface area contributed by atoms with E-state index >= 15 is 0 Å². The largest absolute Gasteiger partial charge is 0.497 e. The molecule has 0 bridgehead atoms. The summed E-state index contributed by atoms with van der Waals surface area (Å²) in [4.78, 5) is 37.1. The van der Waals surface area contributed by atoms with Crippen LogP contribution in [0.25, 0.3) is 22.1 Å². The summed E-state index contributed by atoms with van der Waals surface area (Å²) >= 11 is 0. The Morgan fingerprint density at radius 3 is 2.07 bits per heavy atom. The predicted molar refractivity (Wildman–Crippen MR) is 268 cm³/mol. The van der Waals surface area contributed by atoms with E-state index in [0.29, 0.717) is 55.3 Å². The Morgan fingerprint density at radius 2 is 1.33 bits per heavy atom. The van der Waals surface area contributed by atoms with Crippen LogP contribution in [0.5, 0.6) is 5.75 Å². The summed E-state index contributed by atoms with van der Waals surface area (Å²) in [6.45, 7) is 4.84. The molecule has 3 aliphatic rings. The number of ether oxygens (including phenoxy) is 1. The van der Waals surface area contributed by atoms with Gasteiger partial charge in [-0.2, -0.15) is 30.1 Å². The Bertz CT molecular complexity index is 2960. The quantitative estimate of drug-likeness (QED) is 0.0661. The number of methoxy groups -OCH3 is 1. The molecule has 1 atom stereocenters. The Hall–Kier alpha value is -7.62. The molecule has 0 saturated heterocycles. The molecule has 5 N–H and O–H groups in total. The van der Waals surface area contributed by atoms with Crippen LogP contribution in [0.3, 0.4) is 0 Å². The highest BCUT2D eigenvalue weighted by atomic mass is 19.1. The SMILES string of the molecule is COc1ccc(CN2CCCc3[nH]nc4nc(NCCc5ccc(F)cc5)nc2c34)cc1.O=C(NCC1CCCCC1)C1CN(Cc2ccccc2)c2nc(NCc3ccccc3)nc3n[nH]c1c23. The fraction of sp³-hybridized carbons (Fsp3) is 0.340. The number of halogens is 1. The van der Waals surface area contributed by atoms with Gasteiger partial charge in [-0.15, -0.1) is 0 Å². The average molecular weight is 928 g/mol. The fourth-order valence-corrected chi connectivity index (χ4v) is 9.66. The van der Waals surface area contributed by atoms with Crippen LogP contribution in [0.15, 0.2) is 109 Å². The number of H-pyrrole nitrogens is 2. The third kappa shape index (κ3) is 10.7. The van der Waals surface area contributed by atoms with Crippen molar-refractivity contribution in [3.63, 3.8) is 0 Å². The molecule has 16 heteroatoms. The van der Waals surface area contributed by atoms with E-state index < -0.39 is 0 Å². The van der Waals surface area contributed by atoms with Crippen LogP contribution >= 0.6 is 0 Å². The van der Waals surface area contributed by atoms with Gasteiger partial charge < -0.3 is 30.5 Å². The van der Waals surface area contributed by atoms with Gasteiger partial charge >= 0.3 is 0 Å². The zero-order valence-electron chi connectivity index (χ0n) is 38.9. The first-order valence-corrected chi connectivity index (χ1v) is 24.2. The van der Waals surface area contributed by atoms with Crippen LogP contribution in [0.4, 0.5) is 27.9 Å². The van der Waals surface area contributed by atoms with E-state index in [1.54, 1.807) is 19.2 Å². The summed E-state index contributed by atoms with van der Waals surface area (Å²) in [7, 11) is 1.67. The van der Waals surface area contributed by atoms with Crippen molar-refractivity contribution in [1.29, 1.82) is 0 Å². The fourth-order valence-electron chi connectivity index (χ4n) is 9.66. The number of amides is 1. The highest BCUT2D eigenvalue weighted by molar-refractivity contribution is 5.98. The Labute approximate surface area is 400 Å². The second kappa shape index (κ2) is 21.1. The van der Waals surface area contributed by atoms with Gasteiger partial charge in [0.25, 0.3) is 0 Å². The van der Waals surface area contributed by atoms with E-state index in [2.05, 4.69) is 92.5 Å². The van der Waals surface area contributed by atoms with Gasteiger partial charge in [0.1, 0.15) is 23.2 Å². The molecule has 8 aromatic rings. The van der Waals surface area contributed by atoms with Gasteiger partial charge in [0.05, 0.1) is 29.5 Å². The number of anilines is 4. The van der Waals surface area contributed by atoms with Gasteiger partial charge in [0, 0.05) is 51.5 Å². The van der Waals surface area contributed by atoms with E-state index in [9.17, 15) is 9.18 Å². The summed E-state index contributed by atoms with van der Waals surface area (Å²) in [6.07, 6.45) is 8.93. The number of hydrogen-bond acceptors (Lipinski definition) is 12. The zero-order chi connectivity index (χ0) is 46.9. The second-order valence-corrected chi connectivity index (χ2v) is 18.2. The molecule has 4 aromatic heterocycles. The summed E-state index contributed by atoms with van der Waals surface area (Å²) in [5, 5.41) is 27.0. The van der Waals surface area contributed by atoms with Gasteiger partial charge in [-0.1, -0.05) is 104 Å². The van der Waals surface area contributed by atoms with Gasteiger partial charge in [0.15, 0.2) is 11.3 Å². The molecule has 354 valence electrons. The molecule has 11 rings (SSSR count). The summed E-state index contributed by atoms with van der Waals surface area (Å²) in [5.41, 5.74) is 7.72. The summed E-state index contributed by atoms with van der Waals surface area (Å²) in [5.74, 6) is 3.69. The molecule has 2 aliphatic heterocycles. The lowest BCUT2D eigenvalue weighted by Gasteiger charge is -2.33. The molecule has 69 heavy (non-hydrogen) atoms. The molecule has 1 fully saturated rings. The Morgan fingerprint density at radius 1 is 0.696 bits per heavy atom. The molecule has 0 spiro atoms. The van der Waals surface area contributed by atoms with Crippen LogP contribution < -0.4 is 30.5 Å². The van der Waals surface area contributed by atoms with Crippen LogP contribution in [0.1, 0.15) is 78.1 Å². The van der Waals surface area contributed by atoms with Crippen molar-refractivity contribution in [1.82, 2.24) is 45.6 Å². The molecule has 1 saturated carbocycles. The third-order valence-electron chi connectivity index (χ3n) is 13.4. The maximum atomic E-state index is 13.5. The van der Waals surface area contributed by atoms with E-state index in [0.717, 1.165) is 89.6 Å². The number of carbonyl (C=O) groups excluding carboxylic acids is 1. The zero-order valence-corrected chi connectivity index (χ0v) is 38.9. The van der Waals surface area contributed by atoms with Crippen molar-refractivity contribution in [3.8, 4) is 5.75 Å². The topological polar surface area (TPSA) is 178 Å². The number of aromatic nitrogens is 8. The number of carbonyl (C=O) groups is 1. The number of hydrogen-bond donors (Lipinski definition) is 5. The Kier molecular flexibility index (Phi) is 13.8. The van der Waals surface area contributed by atoms with Crippen LogP contribution in [-0.2, 0) is 37.3 Å². The molecular weight excluding hydrogens is 870 g/mol. The van der Waals surface area contributed by atoms with Gasteiger partial charge in [-0.3, -0.25) is 15.0 Å².